The molecular weight excluding hydrogens is 290 g/mol. The minimum absolute atomic E-state index is 0.151. The zero-order valence-electron chi connectivity index (χ0n) is 12.5. The van der Waals surface area contributed by atoms with Crippen molar-refractivity contribution in [3.05, 3.63) is 81.1 Å². The molecule has 4 nitrogen and oxygen atoms in total. The molecule has 1 heterocycles. The molecule has 0 bridgehead atoms. The molecule has 0 saturated carbocycles. The molecule has 2 atom stereocenters. The van der Waals surface area contributed by atoms with Crippen LogP contribution in [0.2, 0.25) is 0 Å². The Kier molecular flexibility index (Phi) is 2.96. The van der Waals surface area contributed by atoms with Gasteiger partial charge < -0.3 is 10.1 Å². The summed E-state index contributed by atoms with van der Waals surface area (Å²) >= 11 is 0. The second-order valence-electron chi connectivity index (χ2n) is 6.01. The van der Waals surface area contributed by atoms with E-state index in [1.54, 1.807) is 30.3 Å². The van der Waals surface area contributed by atoms with Crippen LogP contribution < -0.4 is 5.43 Å². The summed E-state index contributed by atoms with van der Waals surface area (Å²) in [4.78, 5) is 28.1. The van der Waals surface area contributed by atoms with E-state index in [2.05, 4.69) is 4.98 Å². The van der Waals surface area contributed by atoms with Crippen LogP contribution in [0, 0.1) is 6.92 Å². The molecule has 0 saturated heterocycles. The molecule has 4 heteroatoms. The van der Waals surface area contributed by atoms with Crippen molar-refractivity contribution in [2.45, 2.75) is 18.9 Å². The highest BCUT2D eigenvalue weighted by Crippen LogP contribution is 2.41. The topological polar surface area (TPSA) is 70.2 Å². The first-order chi connectivity index (χ1) is 11.1. The fraction of sp³-hybridized carbons (Fsp3) is 0.158. The molecule has 0 spiro atoms. The van der Waals surface area contributed by atoms with Gasteiger partial charge in [-0.1, -0.05) is 29.8 Å². The average Bonchev–Trinajstić information content (AvgIpc) is 2.78. The number of aromatic amines is 1. The van der Waals surface area contributed by atoms with Gasteiger partial charge in [-0.2, -0.15) is 0 Å². The first-order valence-electron chi connectivity index (χ1n) is 7.51. The van der Waals surface area contributed by atoms with E-state index in [4.69, 9.17) is 0 Å². The number of carbonyl (C=O) groups is 1. The van der Waals surface area contributed by atoms with E-state index in [0.717, 1.165) is 5.56 Å². The second kappa shape index (κ2) is 4.89. The van der Waals surface area contributed by atoms with Gasteiger partial charge in [-0.3, -0.25) is 9.59 Å². The van der Waals surface area contributed by atoms with Gasteiger partial charge in [0.05, 0.1) is 12.0 Å². The number of nitrogens with one attached hydrogen (secondary N) is 1. The van der Waals surface area contributed by atoms with Crippen molar-refractivity contribution in [1.29, 1.82) is 0 Å². The van der Waals surface area contributed by atoms with Crippen molar-refractivity contribution in [3.63, 3.8) is 0 Å². The molecule has 1 aromatic heterocycles. The molecule has 0 amide bonds. The molecule has 0 radical (unpaired) electrons. The lowest BCUT2D eigenvalue weighted by Crippen LogP contribution is -2.16. The molecule has 23 heavy (non-hydrogen) atoms. The third kappa shape index (κ3) is 2.03. The predicted octanol–water partition coefficient (Wildman–Crippen LogP) is 2.85. The third-order valence-corrected chi connectivity index (χ3v) is 4.48. The number of aliphatic hydroxyl groups is 1. The molecule has 114 valence electrons. The molecule has 2 unspecified atom stereocenters. The molecule has 4 rings (SSSR count). The Morgan fingerprint density at radius 2 is 1.83 bits per heavy atom. The summed E-state index contributed by atoms with van der Waals surface area (Å²) in [6, 6.07) is 14.0. The zero-order valence-corrected chi connectivity index (χ0v) is 12.5. The van der Waals surface area contributed by atoms with Crippen molar-refractivity contribution in [2.24, 2.45) is 0 Å². The van der Waals surface area contributed by atoms with E-state index < -0.39 is 12.0 Å². The Balaban J connectivity index is 1.89. The number of carbonyl (C=O) groups excluding carboxylic acids is 1. The maximum atomic E-state index is 12.7. The lowest BCUT2D eigenvalue weighted by atomic mass is 9.97. The summed E-state index contributed by atoms with van der Waals surface area (Å²) in [5.74, 6) is -0.911. The summed E-state index contributed by atoms with van der Waals surface area (Å²) in [5, 5.41) is 11.1. The molecule has 3 aromatic rings. The van der Waals surface area contributed by atoms with Gasteiger partial charge in [-0.05, 0) is 30.7 Å². The van der Waals surface area contributed by atoms with Crippen LogP contribution in [0.3, 0.4) is 0 Å². The molecule has 2 aromatic carbocycles. The standard InChI is InChI=1S/C19H15NO3/c1-10-6-7-11-13(8-10)19(23)17(18(11)22)15-9-16(21)12-4-2-3-5-14(12)20-15/h2-9,17-18,22H,1H3,(H,20,21). The number of H-pyrrole nitrogens is 1. The Labute approximate surface area is 132 Å². The lowest BCUT2D eigenvalue weighted by Gasteiger charge is -2.14. The summed E-state index contributed by atoms with van der Waals surface area (Å²) in [7, 11) is 0. The van der Waals surface area contributed by atoms with Crippen LogP contribution in [0.15, 0.2) is 53.3 Å². The van der Waals surface area contributed by atoms with Crippen molar-refractivity contribution >= 4 is 16.7 Å². The molecule has 0 aliphatic heterocycles. The maximum Gasteiger partial charge on any atom is 0.189 e. The van der Waals surface area contributed by atoms with Gasteiger partial charge in [0.2, 0.25) is 0 Å². The number of ketones is 1. The second-order valence-corrected chi connectivity index (χ2v) is 6.01. The van der Waals surface area contributed by atoms with Gasteiger partial charge in [0.25, 0.3) is 0 Å². The normalized spacial score (nSPS) is 20.0. The maximum absolute atomic E-state index is 12.7. The van der Waals surface area contributed by atoms with Gasteiger partial charge in [0.1, 0.15) is 0 Å². The summed E-state index contributed by atoms with van der Waals surface area (Å²) in [5.41, 5.74) is 3.11. The van der Waals surface area contributed by atoms with E-state index in [1.807, 2.05) is 19.1 Å². The largest absolute Gasteiger partial charge is 0.387 e. The van der Waals surface area contributed by atoms with Crippen LogP contribution >= 0.6 is 0 Å². The van der Waals surface area contributed by atoms with Gasteiger partial charge >= 0.3 is 0 Å². The van der Waals surface area contributed by atoms with E-state index in [1.165, 1.54) is 6.07 Å². The molecular formula is C19H15NO3. The molecule has 2 N–H and O–H groups in total. The smallest absolute Gasteiger partial charge is 0.189 e. The fourth-order valence-electron chi connectivity index (χ4n) is 3.33. The number of hydrogen-bond acceptors (Lipinski definition) is 3. The van der Waals surface area contributed by atoms with Crippen LogP contribution in [-0.4, -0.2) is 15.9 Å². The highest BCUT2D eigenvalue weighted by Gasteiger charge is 2.40. The number of rotatable bonds is 1. The summed E-state index contributed by atoms with van der Waals surface area (Å²) in [6.07, 6.45) is -0.935. The van der Waals surface area contributed by atoms with Crippen LogP contribution in [0.1, 0.15) is 39.2 Å². The number of aryl methyl sites for hydroxylation is 1. The number of fused-ring (bicyclic) bond motifs is 2. The number of aromatic nitrogens is 1. The summed E-state index contributed by atoms with van der Waals surface area (Å²) in [6.45, 7) is 1.91. The third-order valence-electron chi connectivity index (χ3n) is 4.48. The molecule has 0 fully saturated rings. The van der Waals surface area contributed by atoms with Gasteiger partial charge in [-0.25, -0.2) is 0 Å². The van der Waals surface area contributed by atoms with Gasteiger partial charge in [-0.15, -0.1) is 0 Å². The minimum Gasteiger partial charge on any atom is -0.387 e. The van der Waals surface area contributed by atoms with Crippen LogP contribution in [0.4, 0.5) is 0 Å². The number of benzene rings is 2. The first kappa shape index (κ1) is 13.9. The SMILES string of the molecule is Cc1ccc2c(c1)C(=O)C(c1cc(=O)c3ccccc3[nH]1)C2O. The van der Waals surface area contributed by atoms with Gasteiger partial charge in [0, 0.05) is 28.2 Å². The number of hydrogen-bond donors (Lipinski definition) is 2. The van der Waals surface area contributed by atoms with Crippen molar-refractivity contribution < 1.29 is 9.90 Å². The van der Waals surface area contributed by atoms with Crippen molar-refractivity contribution in [3.8, 4) is 0 Å². The van der Waals surface area contributed by atoms with Crippen molar-refractivity contribution in [2.75, 3.05) is 0 Å². The first-order valence-corrected chi connectivity index (χ1v) is 7.51. The lowest BCUT2D eigenvalue weighted by molar-refractivity contribution is 0.0868. The van der Waals surface area contributed by atoms with Crippen LogP contribution in [0.25, 0.3) is 10.9 Å². The number of aliphatic hydroxyl groups excluding tert-OH is 1. The monoisotopic (exact) mass is 305 g/mol. The van der Waals surface area contributed by atoms with Crippen molar-refractivity contribution in [1.82, 2.24) is 4.98 Å². The highest BCUT2D eigenvalue weighted by atomic mass is 16.3. The fourth-order valence-corrected chi connectivity index (χ4v) is 3.33. The van der Waals surface area contributed by atoms with E-state index in [-0.39, 0.29) is 11.2 Å². The predicted molar refractivity (Wildman–Crippen MR) is 87.8 cm³/mol. The summed E-state index contributed by atoms with van der Waals surface area (Å²) < 4.78 is 0. The van der Waals surface area contributed by atoms with Gasteiger partial charge in [0.15, 0.2) is 11.2 Å². The molecule has 1 aliphatic carbocycles. The zero-order chi connectivity index (χ0) is 16.1. The highest BCUT2D eigenvalue weighted by molar-refractivity contribution is 6.06. The molecule has 1 aliphatic rings. The van der Waals surface area contributed by atoms with Crippen LogP contribution in [0.5, 0.6) is 0 Å². The Morgan fingerprint density at radius 3 is 2.65 bits per heavy atom. The van der Waals surface area contributed by atoms with Crippen LogP contribution in [-0.2, 0) is 0 Å². The number of pyridine rings is 1. The Morgan fingerprint density at radius 1 is 1.04 bits per heavy atom. The van der Waals surface area contributed by atoms with E-state index in [9.17, 15) is 14.7 Å². The van der Waals surface area contributed by atoms with E-state index in [0.29, 0.717) is 27.7 Å². The Hall–Kier alpha value is -2.72. The number of para-hydroxylation sites is 1. The number of Topliss-reactive ketones (excluding diaryl/α,β-unsaturated/α-hetero) is 1. The Bertz CT molecular complexity index is 1000. The minimum atomic E-state index is -0.935. The van der Waals surface area contributed by atoms with E-state index >= 15 is 0 Å². The average molecular weight is 305 g/mol. The quantitative estimate of drug-likeness (QED) is 0.726.